The van der Waals surface area contributed by atoms with Gasteiger partial charge in [0.2, 0.25) is 5.91 Å². The van der Waals surface area contributed by atoms with Gasteiger partial charge in [0.25, 0.3) is 5.91 Å². The first-order chi connectivity index (χ1) is 11.7. The fourth-order valence-corrected chi connectivity index (χ4v) is 3.83. The van der Waals surface area contributed by atoms with Crippen molar-refractivity contribution in [3.63, 3.8) is 0 Å². The van der Waals surface area contributed by atoms with E-state index >= 15 is 0 Å². The van der Waals surface area contributed by atoms with Gasteiger partial charge in [0.05, 0.1) is 16.2 Å². The highest BCUT2D eigenvalue weighted by molar-refractivity contribution is 8.04. The van der Waals surface area contributed by atoms with Crippen molar-refractivity contribution in [1.29, 1.82) is 0 Å². The molecule has 1 fully saturated rings. The molecule has 4 nitrogen and oxygen atoms in total. The van der Waals surface area contributed by atoms with E-state index in [2.05, 4.69) is 12.2 Å². The molecule has 2 heterocycles. The molecule has 1 saturated heterocycles. The number of nitrogens with one attached hydrogen (secondary N) is 1. The van der Waals surface area contributed by atoms with E-state index in [9.17, 15) is 22.8 Å². The average Bonchev–Trinajstić information content (AvgIpc) is 2.54. The van der Waals surface area contributed by atoms with Crippen LogP contribution in [0.2, 0.25) is 0 Å². The SMILES string of the molecule is C[C@@H]1CCCN(C(=O)/C=C2\Sc3ccc(C(F)(F)F)cc3NC2=O)C1. The van der Waals surface area contributed by atoms with E-state index in [4.69, 9.17) is 0 Å². The average molecular weight is 370 g/mol. The number of rotatable bonds is 1. The Kier molecular flexibility index (Phi) is 4.81. The van der Waals surface area contributed by atoms with Crippen LogP contribution in [-0.4, -0.2) is 29.8 Å². The van der Waals surface area contributed by atoms with E-state index in [1.54, 1.807) is 4.90 Å². The van der Waals surface area contributed by atoms with Crippen LogP contribution in [-0.2, 0) is 15.8 Å². The van der Waals surface area contributed by atoms with Crippen molar-refractivity contribution in [2.24, 2.45) is 5.92 Å². The van der Waals surface area contributed by atoms with Crippen LogP contribution in [0.4, 0.5) is 18.9 Å². The number of benzene rings is 1. The number of hydrogen-bond donors (Lipinski definition) is 1. The van der Waals surface area contributed by atoms with Crippen molar-refractivity contribution in [3.05, 3.63) is 34.7 Å². The molecule has 2 amide bonds. The zero-order chi connectivity index (χ0) is 18.2. The largest absolute Gasteiger partial charge is 0.416 e. The molecule has 0 radical (unpaired) electrons. The van der Waals surface area contributed by atoms with Gasteiger partial charge in [0, 0.05) is 24.1 Å². The van der Waals surface area contributed by atoms with Crippen molar-refractivity contribution in [2.45, 2.75) is 30.8 Å². The van der Waals surface area contributed by atoms with Crippen LogP contribution in [0.25, 0.3) is 0 Å². The Bertz CT molecular complexity index is 746. The summed E-state index contributed by atoms with van der Waals surface area (Å²) in [6, 6.07) is 3.18. The Morgan fingerprint density at radius 1 is 1.40 bits per heavy atom. The third-order valence-electron chi connectivity index (χ3n) is 4.22. The number of hydrogen-bond acceptors (Lipinski definition) is 3. The molecule has 8 heteroatoms. The molecule has 2 aliphatic rings. The lowest BCUT2D eigenvalue weighted by Crippen LogP contribution is -2.38. The number of carbonyl (C=O) groups is 2. The number of amides is 2. The maximum Gasteiger partial charge on any atom is 0.416 e. The molecular formula is C17H17F3N2O2S. The summed E-state index contributed by atoms with van der Waals surface area (Å²) >= 11 is 1.01. The Balaban J connectivity index is 1.79. The van der Waals surface area contributed by atoms with E-state index < -0.39 is 17.6 Å². The molecule has 1 N–H and O–H groups in total. The standard InChI is InChI=1S/C17H17F3N2O2S/c1-10-3-2-6-22(9-10)15(23)8-14-16(24)21-12-7-11(17(18,19)20)4-5-13(12)25-14/h4-5,7-8,10H,2-3,6,9H2,1H3,(H,21,24)/b14-8-/t10-/m1/s1. The summed E-state index contributed by atoms with van der Waals surface area (Å²) in [5.41, 5.74) is -0.709. The summed E-state index contributed by atoms with van der Waals surface area (Å²) in [6.07, 6.45) is -1.19. The summed E-state index contributed by atoms with van der Waals surface area (Å²) in [5, 5.41) is 2.44. The Labute approximate surface area is 147 Å². The minimum atomic E-state index is -4.47. The molecule has 134 valence electrons. The predicted molar refractivity (Wildman–Crippen MR) is 89.0 cm³/mol. The highest BCUT2D eigenvalue weighted by Gasteiger charge is 2.33. The molecule has 25 heavy (non-hydrogen) atoms. The molecule has 2 aliphatic heterocycles. The molecule has 1 atom stereocenters. The number of likely N-dealkylation sites (tertiary alicyclic amines) is 1. The van der Waals surface area contributed by atoms with Gasteiger partial charge in [-0.1, -0.05) is 18.7 Å². The minimum absolute atomic E-state index is 0.112. The summed E-state index contributed by atoms with van der Waals surface area (Å²) in [6.45, 7) is 3.38. The van der Waals surface area contributed by atoms with Crippen LogP contribution in [0.5, 0.6) is 0 Å². The van der Waals surface area contributed by atoms with Crippen LogP contribution in [0.3, 0.4) is 0 Å². The molecule has 0 spiro atoms. The fraction of sp³-hybridized carbons (Fsp3) is 0.412. The van der Waals surface area contributed by atoms with Crippen molar-refractivity contribution in [1.82, 2.24) is 4.90 Å². The number of anilines is 1. The second kappa shape index (κ2) is 6.74. The summed E-state index contributed by atoms with van der Waals surface area (Å²) in [4.78, 5) is 26.9. The van der Waals surface area contributed by atoms with Gasteiger partial charge in [0.15, 0.2) is 0 Å². The number of fused-ring (bicyclic) bond motifs is 1. The quantitative estimate of drug-likeness (QED) is 0.763. The molecule has 0 aliphatic carbocycles. The van der Waals surface area contributed by atoms with E-state index in [-0.39, 0.29) is 16.5 Å². The Morgan fingerprint density at radius 3 is 2.84 bits per heavy atom. The zero-order valence-corrected chi connectivity index (χ0v) is 14.3. The molecule has 1 aromatic carbocycles. The molecular weight excluding hydrogens is 353 g/mol. The van der Waals surface area contributed by atoms with E-state index in [0.717, 1.165) is 36.7 Å². The van der Waals surface area contributed by atoms with Crippen LogP contribution in [0.1, 0.15) is 25.3 Å². The second-order valence-electron chi connectivity index (χ2n) is 6.31. The van der Waals surface area contributed by atoms with Crippen molar-refractivity contribution >= 4 is 29.3 Å². The lowest BCUT2D eigenvalue weighted by atomic mass is 10.0. The summed E-state index contributed by atoms with van der Waals surface area (Å²) in [5.74, 6) is -0.375. The first-order valence-corrected chi connectivity index (χ1v) is 8.77. The van der Waals surface area contributed by atoms with Gasteiger partial charge in [-0.2, -0.15) is 13.2 Å². The lowest BCUT2D eigenvalue weighted by molar-refractivity contribution is -0.137. The topological polar surface area (TPSA) is 49.4 Å². The number of halogens is 3. The third-order valence-corrected chi connectivity index (χ3v) is 5.32. The molecule has 0 bridgehead atoms. The van der Waals surface area contributed by atoms with Gasteiger partial charge in [-0.3, -0.25) is 9.59 Å². The molecule has 1 aromatic rings. The van der Waals surface area contributed by atoms with Crippen molar-refractivity contribution < 1.29 is 22.8 Å². The highest BCUT2D eigenvalue weighted by atomic mass is 32.2. The van der Waals surface area contributed by atoms with Gasteiger partial charge in [-0.25, -0.2) is 0 Å². The summed E-state index contributed by atoms with van der Waals surface area (Å²) < 4.78 is 38.3. The number of nitrogens with zero attached hydrogens (tertiary/aromatic N) is 1. The normalized spacial score (nSPS) is 22.6. The van der Waals surface area contributed by atoms with Crippen molar-refractivity contribution in [2.75, 3.05) is 18.4 Å². The predicted octanol–water partition coefficient (Wildman–Crippen LogP) is 3.89. The maximum absolute atomic E-state index is 12.8. The first-order valence-electron chi connectivity index (χ1n) is 7.95. The molecule has 0 aromatic heterocycles. The van der Waals surface area contributed by atoms with E-state index in [1.165, 1.54) is 12.1 Å². The van der Waals surface area contributed by atoms with Crippen molar-refractivity contribution in [3.8, 4) is 0 Å². The highest BCUT2D eigenvalue weighted by Crippen LogP contribution is 2.41. The van der Waals surface area contributed by atoms with Gasteiger partial charge >= 0.3 is 6.18 Å². The Hall–Kier alpha value is -1.96. The molecule has 0 saturated carbocycles. The van der Waals surface area contributed by atoms with Crippen LogP contribution >= 0.6 is 11.8 Å². The third kappa shape index (κ3) is 4.00. The summed E-state index contributed by atoms with van der Waals surface area (Å²) in [7, 11) is 0. The zero-order valence-electron chi connectivity index (χ0n) is 13.5. The van der Waals surface area contributed by atoms with E-state index in [0.29, 0.717) is 23.9 Å². The van der Waals surface area contributed by atoms with Crippen LogP contribution in [0.15, 0.2) is 34.1 Å². The van der Waals surface area contributed by atoms with Gasteiger partial charge in [-0.05, 0) is 37.0 Å². The first kappa shape index (κ1) is 17.8. The van der Waals surface area contributed by atoms with Crippen LogP contribution < -0.4 is 5.32 Å². The van der Waals surface area contributed by atoms with Crippen LogP contribution in [0, 0.1) is 5.92 Å². The fourth-order valence-electron chi connectivity index (χ4n) is 2.93. The molecule has 0 unspecified atom stereocenters. The number of carbonyl (C=O) groups excluding carboxylic acids is 2. The minimum Gasteiger partial charge on any atom is -0.339 e. The number of alkyl halides is 3. The molecule has 3 rings (SSSR count). The lowest BCUT2D eigenvalue weighted by Gasteiger charge is -2.30. The smallest absolute Gasteiger partial charge is 0.339 e. The van der Waals surface area contributed by atoms with Gasteiger partial charge in [-0.15, -0.1) is 0 Å². The maximum atomic E-state index is 12.8. The van der Waals surface area contributed by atoms with Gasteiger partial charge < -0.3 is 10.2 Å². The Morgan fingerprint density at radius 2 is 2.16 bits per heavy atom. The van der Waals surface area contributed by atoms with E-state index in [1.807, 2.05) is 0 Å². The number of piperidine rings is 1. The van der Waals surface area contributed by atoms with Gasteiger partial charge in [0.1, 0.15) is 0 Å². The monoisotopic (exact) mass is 370 g/mol. The number of thioether (sulfide) groups is 1. The second-order valence-corrected chi connectivity index (χ2v) is 7.39.